The van der Waals surface area contributed by atoms with Crippen molar-refractivity contribution in [2.45, 2.75) is 56.2 Å². The molecule has 0 radical (unpaired) electrons. The largest absolute Gasteiger partial charge is 0.356 e. The number of hydrogen-bond acceptors (Lipinski definition) is 5. The smallest absolute Gasteiger partial charge is 0.271 e. The first-order chi connectivity index (χ1) is 16.2. The zero-order chi connectivity index (χ0) is 24.2. The Balaban J connectivity index is 1.42. The van der Waals surface area contributed by atoms with Crippen molar-refractivity contribution < 1.29 is 23.2 Å². The fourth-order valence-electron chi connectivity index (χ4n) is 5.49. The van der Waals surface area contributed by atoms with E-state index in [1.807, 2.05) is 6.07 Å². The Hall–Kier alpha value is -2.71. The number of halogens is 3. The third-order valence-corrected chi connectivity index (χ3v) is 8.49. The summed E-state index contributed by atoms with van der Waals surface area (Å²) >= 11 is 7.49. The molecule has 4 aliphatic rings. The van der Waals surface area contributed by atoms with Gasteiger partial charge in [-0.25, -0.2) is 8.78 Å². The van der Waals surface area contributed by atoms with Crippen LogP contribution in [0, 0.1) is 23.2 Å². The van der Waals surface area contributed by atoms with Crippen molar-refractivity contribution >= 4 is 50.9 Å². The normalized spacial score (nSPS) is 28.5. The summed E-state index contributed by atoms with van der Waals surface area (Å²) in [6.07, 6.45) is 0.594. The summed E-state index contributed by atoms with van der Waals surface area (Å²) < 4.78 is 30.5. The number of alkyl halides is 2. The molecule has 0 unspecified atom stereocenters. The number of piperidine rings is 2. The van der Waals surface area contributed by atoms with E-state index in [4.69, 9.17) is 11.6 Å². The number of hydrogen-bond donors (Lipinski definition) is 3. The van der Waals surface area contributed by atoms with Crippen LogP contribution in [0.2, 0.25) is 5.02 Å². The van der Waals surface area contributed by atoms with Gasteiger partial charge in [0.05, 0.1) is 27.2 Å². The number of H-pyrrole nitrogens is 1. The lowest BCUT2D eigenvalue weighted by atomic mass is 9.71. The average molecular weight is 510 g/mol. The van der Waals surface area contributed by atoms with E-state index >= 15 is 0 Å². The summed E-state index contributed by atoms with van der Waals surface area (Å²) in [6, 6.07) is 0.323. The molecular weight excluding hydrogens is 488 g/mol. The van der Waals surface area contributed by atoms with Crippen molar-refractivity contribution in [2.75, 3.05) is 6.54 Å². The second-order valence-electron chi connectivity index (χ2n) is 9.17. The predicted molar refractivity (Wildman–Crippen MR) is 120 cm³/mol. The number of nitrogens with one attached hydrogen (secondary N) is 3. The molecule has 180 valence electrons. The Morgan fingerprint density at radius 2 is 2.18 bits per heavy atom. The van der Waals surface area contributed by atoms with Gasteiger partial charge in [-0.3, -0.25) is 14.4 Å². The van der Waals surface area contributed by atoms with Crippen LogP contribution in [0.4, 0.5) is 8.78 Å². The molecule has 1 saturated carbocycles. The number of thiophene rings is 1. The highest BCUT2D eigenvalue weighted by Gasteiger charge is 2.60. The minimum atomic E-state index is -3.10. The molecule has 2 aromatic heterocycles. The van der Waals surface area contributed by atoms with Gasteiger partial charge in [0.2, 0.25) is 11.8 Å². The molecule has 3 aliphatic heterocycles. The van der Waals surface area contributed by atoms with Crippen molar-refractivity contribution in [1.82, 2.24) is 20.5 Å². The maximum absolute atomic E-state index is 14.9. The lowest BCUT2D eigenvalue weighted by Gasteiger charge is -2.53. The van der Waals surface area contributed by atoms with Crippen LogP contribution in [0.3, 0.4) is 0 Å². The van der Waals surface area contributed by atoms with Crippen molar-refractivity contribution in [3.63, 3.8) is 0 Å². The number of aromatic nitrogens is 1. The topological polar surface area (TPSA) is 118 Å². The maximum Gasteiger partial charge on any atom is 0.271 e. The molecule has 2 aromatic rings. The molecule has 1 aliphatic carbocycles. The van der Waals surface area contributed by atoms with E-state index in [0.29, 0.717) is 29.9 Å². The molecule has 3 N–H and O–H groups in total. The molecule has 3 amide bonds. The van der Waals surface area contributed by atoms with Gasteiger partial charge in [-0.1, -0.05) is 11.6 Å². The van der Waals surface area contributed by atoms with Gasteiger partial charge in [0.15, 0.2) is 0 Å². The molecule has 34 heavy (non-hydrogen) atoms. The minimum Gasteiger partial charge on any atom is -0.356 e. The summed E-state index contributed by atoms with van der Waals surface area (Å²) in [4.78, 5) is 42.9. The number of aromatic amines is 1. The van der Waals surface area contributed by atoms with E-state index in [0.717, 1.165) is 4.70 Å². The summed E-state index contributed by atoms with van der Waals surface area (Å²) in [5, 5.41) is 16.9. The van der Waals surface area contributed by atoms with Crippen LogP contribution in [0.25, 0.3) is 10.2 Å². The van der Waals surface area contributed by atoms with Gasteiger partial charge in [0.1, 0.15) is 17.8 Å². The number of carbonyl (C=O) groups is 3. The summed E-state index contributed by atoms with van der Waals surface area (Å²) in [6.45, 7) is 0.494. The molecule has 2 bridgehead atoms. The molecule has 0 spiro atoms. The Morgan fingerprint density at radius 3 is 2.82 bits per heavy atom. The molecule has 8 nitrogen and oxygen atoms in total. The highest BCUT2D eigenvalue weighted by atomic mass is 35.5. The van der Waals surface area contributed by atoms with Gasteiger partial charge >= 0.3 is 0 Å². The number of rotatable bonds is 5. The van der Waals surface area contributed by atoms with E-state index in [1.54, 1.807) is 11.4 Å². The molecule has 5 heterocycles. The molecule has 3 saturated heterocycles. The number of carbonyl (C=O) groups excluding carboxylic acids is 3. The Kier molecular flexibility index (Phi) is 5.76. The van der Waals surface area contributed by atoms with Gasteiger partial charge in [0, 0.05) is 30.3 Å². The second-order valence-corrected chi connectivity index (χ2v) is 10.5. The predicted octanol–water partition coefficient (Wildman–Crippen LogP) is 3.05. The van der Waals surface area contributed by atoms with Crippen molar-refractivity contribution in [3.05, 3.63) is 22.2 Å². The SMILES string of the molecule is N#C[C@H](C[C@@H]1CCNC1=O)NC(=O)[C@@H]1[C@@H]2CC[C@@H](CC2(F)F)N1C(=O)c1cc2scc(Cl)c2[nH]1. The summed E-state index contributed by atoms with van der Waals surface area (Å²) in [5.74, 6) is -6.42. The van der Waals surface area contributed by atoms with Gasteiger partial charge < -0.3 is 20.5 Å². The van der Waals surface area contributed by atoms with Gasteiger partial charge in [-0.05, 0) is 31.7 Å². The quantitative estimate of drug-likeness (QED) is 0.574. The molecular formula is C22H22ClF2N5O3S. The number of nitriles is 1. The zero-order valence-corrected chi connectivity index (χ0v) is 19.5. The van der Waals surface area contributed by atoms with E-state index in [2.05, 4.69) is 15.6 Å². The first-order valence-electron chi connectivity index (χ1n) is 11.1. The molecule has 5 atom stereocenters. The van der Waals surface area contributed by atoms with Crippen LogP contribution < -0.4 is 10.6 Å². The Morgan fingerprint density at radius 1 is 1.38 bits per heavy atom. The lowest BCUT2D eigenvalue weighted by molar-refractivity contribution is -0.179. The van der Waals surface area contributed by atoms with Crippen molar-refractivity contribution in [2.24, 2.45) is 11.8 Å². The summed E-state index contributed by atoms with van der Waals surface area (Å²) in [7, 11) is 0. The van der Waals surface area contributed by atoms with Crippen molar-refractivity contribution in [3.8, 4) is 6.07 Å². The first kappa shape index (κ1) is 23.1. The summed E-state index contributed by atoms with van der Waals surface area (Å²) in [5.41, 5.74) is 0.764. The number of fused-ring (bicyclic) bond motifs is 4. The van der Waals surface area contributed by atoms with Gasteiger partial charge in [0.25, 0.3) is 11.8 Å². The van der Waals surface area contributed by atoms with E-state index in [9.17, 15) is 28.4 Å². The third-order valence-electron chi connectivity index (χ3n) is 7.13. The monoisotopic (exact) mass is 509 g/mol. The molecule has 0 aromatic carbocycles. The van der Waals surface area contributed by atoms with Crippen LogP contribution in [0.15, 0.2) is 11.4 Å². The fourth-order valence-corrected chi connectivity index (χ4v) is 6.64. The van der Waals surface area contributed by atoms with E-state index in [-0.39, 0.29) is 24.4 Å². The first-order valence-corrected chi connectivity index (χ1v) is 12.4. The van der Waals surface area contributed by atoms with Crippen LogP contribution in [0.5, 0.6) is 0 Å². The molecule has 12 heteroatoms. The number of amides is 3. The maximum atomic E-state index is 14.9. The van der Waals surface area contributed by atoms with Crippen LogP contribution in [0.1, 0.15) is 42.6 Å². The Labute approximate surface area is 202 Å². The average Bonchev–Trinajstić information content (AvgIpc) is 3.49. The highest BCUT2D eigenvalue weighted by Crippen LogP contribution is 2.49. The zero-order valence-electron chi connectivity index (χ0n) is 17.9. The minimum absolute atomic E-state index is 0.0879. The van der Waals surface area contributed by atoms with E-state index in [1.165, 1.54) is 16.2 Å². The standard InChI is InChI=1S/C22H22ClF2N5O3S/c23-14-9-34-16-6-15(29-17(14)16)21(33)30-12-1-2-13(22(24,25)7-12)18(30)20(32)28-11(8-26)5-10-3-4-27-19(10)31/h6,9-13,18,29H,1-5,7H2,(H,27,31)(H,28,32)/t10-,11-,12-,13-,18-/m0/s1. The van der Waals surface area contributed by atoms with Crippen LogP contribution >= 0.6 is 22.9 Å². The van der Waals surface area contributed by atoms with Crippen LogP contribution in [-0.4, -0.2) is 58.2 Å². The highest BCUT2D eigenvalue weighted by molar-refractivity contribution is 7.17. The van der Waals surface area contributed by atoms with E-state index < -0.39 is 54.1 Å². The number of nitrogens with zero attached hydrogens (tertiary/aromatic N) is 2. The van der Waals surface area contributed by atoms with Gasteiger partial charge in [-0.2, -0.15) is 5.26 Å². The third kappa shape index (κ3) is 3.82. The lowest BCUT2D eigenvalue weighted by Crippen LogP contribution is -2.68. The van der Waals surface area contributed by atoms with Crippen LogP contribution in [-0.2, 0) is 9.59 Å². The molecule has 4 fully saturated rings. The molecule has 6 rings (SSSR count). The Bertz CT molecular complexity index is 1210. The van der Waals surface area contributed by atoms with Gasteiger partial charge in [-0.15, -0.1) is 11.3 Å². The van der Waals surface area contributed by atoms with Crippen molar-refractivity contribution in [1.29, 1.82) is 5.26 Å². The second kappa shape index (κ2) is 8.50. The fraction of sp³-hybridized carbons (Fsp3) is 0.545.